The number of hydrogen-bond acceptors (Lipinski definition) is 3. The minimum Gasteiger partial charge on any atom is -0.330 e. The van der Waals surface area contributed by atoms with Crippen LogP contribution >= 0.6 is 0 Å². The smallest absolute Gasteiger partial charge is 0.0195 e. The number of rotatable bonds is 5. The minimum atomic E-state index is 0.655. The molecule has 3 heteroatoms. The van der Waals surface area contributed by atoms with Crippen LogP contribution in [0.2, 0.25) is 0 Å². The van der Waals surface area contributed by atoms with Crippen molar-refractivity contribution in [1.82, 2.24) is 10.2 Å². The molecule has 0 spiro atoms. The van der Waals surface area contributed by atoms with E-state index in [2.05, 4.69) is 24.2 Å². The summed E-state index contributed by atoms with van der Waals surface area (Å²) in [5, 5.41) is 3.63. The van der Waals surface area contributed by atoms with Crippen LogP contribution in [0.15, 0.2) is 0 Å². The van der Waals surface area contributed by atoms with Crippen molar-refractivity contribution in [2.45, 2.75) is 32.2 Å². The van der Waals surface area contributed by atoms with Crippen LogP contribution in [0.25, 0.3) is 0 Å². The van der Waals surface area contributed by atoms with E-state index >= 15 is 0 Å². The molecule has 0 radical (unpaired) electrons. The third-order valence-corrected chi connectivity index (χ3v) is 3.23. The van der Waals surface area contributed by atoms with Gasteiger partial charge in [0.2, 0.25) is 0 Å². The molecule has 0 amide bonds. The number of piperidine rings is 1. The first-order valence-electron chi connectivity index (χ1n) is 5.88. The third kappa shape index (κ3) is 3.95. The van der Waals surface area contributed by atoms with Crippen molar-refractivity contribution in [3.05, 3.63) is 0 Å². The maximum absolute atomic E-state index is 5.68. The van der Waals surface area contributed by atoms with E-state index in [1.165, 1.54) is 32.4 Å². The molecule has 14 heavy (non-hydrogen) atoms. The van der Waals surface area contributed by atoms with Crippen LogP contribution < -0.4 is 11.1 Å². The van der Waals surface area contributed by atoms with Gasteiger partial charge in [0.25, 0.3) is 0 Å². The molecule has 1 heterocycles. The molecule has 1 saturated heterocycles. The average Bonchev–Trinajstić information content (AvgIpc) is 2.19. The highest BCUT2D eigenvalue weighted by Crippen LogP contribution is 2.08. The van der Waals surface area contributed by atoms with Crippen molar-refractivity contribution >= 4 is 0 Å². The van der Waals surface area contributed by atoms with Crippen molar-refractivity contribution < 1.29 is 0 Å². The van der Waals surface area contributed by atoms with Crippen molar-refractivity contribution in [3.63, 3.8) is 0 Å². The van der Waals surface area contributed by atoms with Crippen molar-refractivity contribution in [1.29, 1.82) is 0 Å². The zero-order chi connectivity index (χ0) is 10.4. The maximum Gasteiger partial charge on any atom is 0.0195 e. The molecule has 1 fully saturated rings. The van der Waals surface area contributed by atoms with Gasteiger partial charge in [-0.2, -0.15) is 0 Å². The average molecular weight is 199 g/mol. The molecule has 2 unspecified atom stereocenters. The number of likely N-dealkylation sites (tertiary alicyclic amines) is 1. The van der Waals surface area contributed by atoms with Crippen LogP contribution in [-0.4, -0.2) is 44.2 Å². The number of nitrogens with zero attached hydrogens (tertiary/aromatic N) is 1. The SMILES string of the molecule is CCC(CN)CNC1CCCN(C)C1. The van der Waals surface area contributed by atoms with Gasteiger partial charge in [0.1, 0.15) is 0 Å². The van der Waals surface area contributed by atoms with Gasteiger partial charge in [-0.1, -0.05) is 13.3 Å². The Hall–Kier alpha value is -0.120. The van der Waals surface area contributed by atoms with Crippen LogP contribution in [0.3, 0.4) is 0 Å². The fourth-order valence-corrected chi connectivity index (χ4v) is 2.06. The van der Waals surface area contributed by atoms with Crippen LogP contribution in [0, 0.1) is 5.92 Å². The first-order chi connectivity index (χ1) is 6.76. The predicted molar refractivity (Wildman–Crippen MR) is 61.4 cm³/mol. The highest BCUT2D eigenvalue weighted by atomic mass is 15.1. The van der Waals surface area contributed by atoms with E-state index in [4.69, 9.17) is 5.73 Å². The summed E-state index contributed by atoms with van der Waals surface area (Å²) in [6.45, 7) is 6.57. The summed E-state index contributed by atoms with van der Waals surface area (Å²) < 4.78 is 0. The zero-order valence-corrected chi connectivity index (χ0v) is 9.63. The Balaban J connectivity index is 2.16. The lowest BCUT2D eigenvalue weighted by Crippen LogP contribution is -2.45. The van der Waals surface area contributed by atoms with Gasteiger partial charge in [0.15, 0.2) is 0 Å². The van der Waals surface area contributed by atoms with Crippen LogP contribution in [0.1, 0.15) is 26.2 Å². The normalized spacial score (nSPS) is 26.4. The largest absolute Gasteiger partial charge is 0.330 e. The van der Waals surface area contributed by atoms with Crippen molar-refractivity contribution in [2.75, 3.05) is 33.2 Å². The van der Waals surface area contributed by atoms with E-state index < -0.39 is 0 Å². The maximum atomic E-state index is 5.68. The Morgan fingerprint density at radius 2 is 2.36 bits per heavy atom. The number of likely N-dealkylation sites (N-methyl/N-ethyl adjacent to an activating group) is 1. The van der Waals surface area contributed by atoms with Gasteiger partial charge in [-0.25, -0.2) is 0 Å². The Morgan fingerprint density at radius 1 is 1.57 bits per heavy atom. The molecule has 3 nitrogen and oxygen atoms in total. The molecular formula is C11H25N3. The summed E-state index contributed by atoms with van der Waals surface area (Å²) in [4.78, 5) is 2.41. The van der Waals surface area contributed by atoms with E-state index in [1.54, 1.807) is 0 Å². The lowest BCUT2D eigenvalue weighted by molar-refractivity contribution is 0.222. The van der Waals surface area contributed by atoms with Gasteiger partial charge in [0, 0.05) is 12.6 Å². The first-order valence-corrected chi connectivity index (χ1v) is 5.88. The van der Waals surface area contributed by atoms with E-state index in [1.807, 2.05) is 0 Å². The van der Waals surface area contributed by atoms with E-state index in [-0.39, 0.29) is 0 Å². The molecule has 3 N–H and O–H groups in total. The molecule has 0 aromatic rings. The Morgan fingerprint density at radius 3 is 2.93 bits per heavy atom. The van der Waals surface area contributed by atoms with Crippen molar-refractivity contribution in [3.8, 4) is 0 Å². The van der Waals surface area contributed by atoms with E-state index in [0.717, 1.165) is 13.1 Å². The molecule has 0 saturated carbocycles. The van der Waals surface area contributed by atoms with Gasteiger partial charge >= 0.3 is 0 Å². The number of nitrogens with one attached hydrogen (secondary N) is 1. The second-order valence-electron chi connectivity index (χ2n) is 4.52. The van der Waals surface area contributed by atoms with E-state index in [9.17, 15) is 0 Å². The summed E-state index contributed by atoms with van der Waals surface area (Å²) in [6.07, 6.45) is 3.84. The number of nitrogens with two attached hydrogens (primary N) is 1. The molecule has 1 aliphatic heterocycles. The van der Waals surface area contributed by atoms with Crippen LogP contribution in [0.5, 0.6) is 0 Å². The Labute approximate surface area is 88.0 Å². The minimum absolute atomic E-state index is 0.655. The summed E-state index contributed by atoms with van der Waals surface area (Å²) in [6, 6.07) is 0.689. The van der Waals surface area contributed by atoms with Gasteiger partial charge in [0.05, 0.1) is 0 Å². The van der Waals surface area contributed by atoms with E-state index in [0.29, 0.717) is 12.0 Å². The fraction of sp³-hybridized carbons (Fsp3) is 1.00. The summed E-state index contributed by atoms with van der Waals surface area (Å²) >= 11 is 0. The predicted octanol–water partition coefficient (Wildman–Crippen LogP) is 0.655. The lowest BCUT2D eigenvalue weighted by atomic mass is 10.0. The molecule has 0 aromatic carbocycles. The zero-order valence-electron chi connectivity index (χ0n) is 9.63. The monoisotopic (exact) mass is 199 g/mol. The summed E-state index contributed by atoms with van der Waals surface area (Å²) in [5.41, 5.74) is 5.68. The number of hydrogen-bond donors (Lipinski definition) is 2. The second-order valence-corrected chi connectivity index (χ2v) is 4.52. The quantitative estimate of drug-likeness (QED) is 0.683. The molecule has 0 aromatic heterocycles. The Kier molecular flexibility index (Phi) is 5.45. The van der Waals surface area contributed by atoms with Gasteiger partial charge < -0.3 is 16.0 Å². The molecule has 0 bridgehead atoms. The second kappa shape index (κ2) is 6.38. The Bertz CT molecular complexity index is 145. The standard InChI is InChI=1S/C11H25N3/c1-3-10(7-12)8-13-11-5-4-6-14(2)9-11/h10-11,13H,3-9,12H2,1-2H3. The topological polar surface area (TPSA) is 41.3 Å². The van der Waals surface area contributed by atoms with Crippen LogP contribution in [0.4, 0.5) is 0 Å². The van der Waals surface area contributed by atoms with Gasteiger partial charge in [-0.15, -0.1) is 0 Å². The highest BCUT2D eigenvalue weighted by molar-refractivity contribution is 4.77. The molecular weight excluding hydrogens is 174 g/mol. The molecule has 2 atom stereocenters. The molecule has 84 valence electrons. The lowest BCUT2D eigenvalue weighted by Gasteiger charge is -2.31. The molecule has 1 aliphatic rings. The van der Waals surface area contributed by atoms with Crippen LogP contribution in [-0.2, 0) is 0 Å². The van der Waals surface area contributed by atoms with Gasteiger partial charge in [-0.3, -0.25) is 0 Å². The highest BCUT2D eigenvalue weighted by Gasteiger charge is 2.17. The fourth-order valence-electron chi connectivity index (χ4n) is 2.06. The van der Waals surface area contributed by atoms with Crippen molar-refractivity contribution in [2.24, 2.45) is 11.7 Å². The molecule has 1 rings (SSSR count). The van der Waals surface area contributed by atoms with Gasteiger partial charge in [-0.05, 0) is 45.4 Å². The summed E-state index contributed by atoms with van der Waals surface area (Å²) in [5.74, 6) is 0.655. The molecule has 0 aliphatic carbocycles. The summed E-state index contributed by atoms with van der Waals surface area (Å²) in [7, 11) is 2.20. The first kappa shape index (κ1) is 12.0. The third-order valence-electron chi connectivity index (χ3n) is 3.23.